The standard InChI is InChI=1S/C21H22FNO6/c1-13(24)28-14(2)29-21(27)23-12-17(20(25)26)11-16-5-3-4-6-19(16)15-7-9-18(22)10-8-15/h3-10,14,17H,11-12H2,1-2H3,(H,23,27)(H,25,26)/t14-,17+/m1/s1. The molecule has 0 heterocycles. The van der Waals surface area contributed by atoms with Crippen molar-refractivity contribution in [2.45, 2.75) is 26.6 Å². The van der Waals surface area contributed by atoms with Crippen molar-refractivity contribution >= 4 is 18.0 Å². The van der Waals surface area contributed by atoms with E-state index in [0.29, 0.717) is 0 Å². The van der Waals surface area contributed by atoms with Gasteiger partial charge < -0.3 is 19.9 Å². The van der Waals surface area contributed by atoms with Gasteiger partial charge in [0.15, 0.2) is 0 Å². The summed E-state index contributed by atoms with van der Waals surface area (Å²) in [5.41, 5.74) is 2.29. The zero-order valence-electron chi connectivity index (χ0n) is 16.1. The Kier molecular flexibility index (Phi) is 7.70. The van der Waals surface area contributed by atoms with Crippen LogP contribution in [0.25, 0.3) is 11.1 Å². The minimum absolute atomic E-state index is 0.142. The van der Waals surface area contributed by atoms with Gasteiger partial charge >= 0.3 is 18.0 Å². The van der Waals surface area contributed by atoms with Crippen LogP contribution in [0.15, 0.2) is 48.5 Å². The van der Waals surface area contributed by atoms with Crippen LogP contribution in [0.5, 0.6) is 0 Å². The van der Waals surface area contributed by atoms with E-state index in [-0.39, 0.29) is 18.8 Å². The second-order valence-corrected chi connectivity index (χ2v) is 6.37. The molecular weight excluding hydrogens is 381 g/mol. The molecule has 2 N–H and O–H groups in total. The summed E-state index contributed by atoms with van der Waals surface area (Å²) >= 11 is 0. The van der Waals surface area contributed by atoms with Gasteiger partial charge in [-0.05, 0) is 35.2 Å². The third-order valence-corrected chi connectivity index (χ3v) is 4.09. The number of alkyl carbamates (subject to hydrolysis) is 1. The molecule has 0 saturated heterocycles. The lowest BCUT2D eigenvalue weighted by molar-refractivity contribution is -0.162. The fourth-order valence-electron chi connectivity index (χ4n) is 2.78. The van der Waals surface area contributed by atoms with E-state index in [0.717, 1.165) is 16.7 Å². The van der Waals surface area contributed by atoms with Gasteiger partial charge in [-0.3, -0.25) is 9.59 Å². The number of carboxylic acids is 1. The fraction of sp³-hybridized carbons (Fsp3) is 0.286. The van der Waals surface area contributed by atoms with E-state index < -0.39 is 30.2 Å². The van der Waals surface area contributed by atoms with Crippen LogP contribution in [0.3, 0.4) is 0 Å². The molecule has 1 amide bonds. The molecule has 29 heavy (non-hydrogen) atoms. The van der Waals surface area contributed by atoms with Crippen LogP contribution in [-0.2, 0) is 25.5 Å². The summed E-state index contributed by atoms with van der Waals surface area (Å²) in [5.74, 6) is -2.98. The van der Waals surface area contributed by atoms with Crippen LogP contribution in [-0.4, -0.2) is 36.0 Å². The van der Waals surface area contributed by atoms with Gasteiger partial charge in [0.1, 0.15) is 5.82 Å². The van der Waals surface area contributed by atoms with Gasteiger partial charge in [0.25, 0.3) is 0 Å². The van der Waals surface area contributed by atoms with Gasteiger partial charge in [-0.1, -0.05) is 36.4 Å². The van der Waals surface area contributed by atoms with Crippen LogP contribution in [0.1, 0.15) is 19.4 Å². The van der Waals surface area contributed by atoms with Crippen molar-refractivity contribution in [3.05, 3.63) is 59.9 Å². The van der Waals surface area contributed by atoms with Gasteiger partial charge in [-0.15, -0.1) is 0 Å². The lowest BCUT2D eigenvalue weighted by Gasteiger charge is -2.17. The Hall–Kier alpha value is -3.42. The summed E-state index contributed by atoms with van der Waals surface area (Å²) in [6.45, 7) is 2.37. The Morgan fingerprint density at radius 1 is 1.07 bits per heavy atom. The smallest absolute Gasteiger partial charge is 0.410 e. The number of ether oxygens (including phenoxy) is 2. The number of aliphatic carboxylic acids is 1. The van der Waals surface area contributed by atoms with E-state index in [1.165, 1.54) is 26.0 Å². The molecular formula is C21H22FNO6. The molecule has 0 aromatic heterocycles. The number of hydrogen-bond donors (Lipinski definition) is 2. The first-order valence-corrected chi connectivity index (χ1v) is 8.94. The van der Waals surface area contributed by atoms with Crippen molar-refractivity contribution in [2.24, 2.45) is 5.92 Å². The van der Waals surface area contributed by atoms with Crippen LogP contribution in [0.2, 0.25) is 0 Å². The molecule has 0 fully saturated rings. The Balaban J connectivity index is 2.06. The number of halogens is 1. The second kappa shape index (κ2) is 10.2. The molecule has 0 spiro atoms. The Labute approximate surface area is 167 Å². The van der Waals surface area contributed by atoms with Gasteiger partial charge in [0.05, 0.1) is 5.92 Å². The number of amides is 1. The summed E-state index contributed by atoms with van der Waals surface area (Å²) in [6, 6.07) is 13.1. The van der Waals surface area contributed by atoms with Crippen LogP contribution in [0.4, 0.5) is 9.18 Å². The molecule has 7 nitrogen and oxygen atoms in total. The number of carbonyl (C=O) groups excluding carboxylic acids is 2. The zero-order chi connectivity index (χ0) is 21.4. The number of nitrogens with one attached hydrogen (secondary N) is 1. The molecule has 2 atom stereocenters. The molecule has 2 aromatic carbocycles. The lowest BCUT2D eigenvalue weighted by atomic mass is 9.92. The van der Waals surface area contributed by atoms with Gasteiger partial charge in [-0.25, -0.2) is 9.18 Å². The van der Waals surface area contributed by atoms with Crippen molar-refractivity contribution in [3.8, 4) is 11.1 Å². The first-order chi connectivity index (χ1) is 13.8. The SMILES string of the molecule is CC(=O)O[C@@H](C)OC(=O)NC[C@H](Cc1ccccc1-c1ccc(F)cc1)C(=O)O. The molecule has 0 radical (unpaired) electrons. The first-order valence-electron chi connectivity index (χ1n) is 8.94. The van der Waals surface area contributed by atoms with E-state index in [1.54, 1.807) is 24.3 Å². The molecule has 2 rings (SSSR count). The fourth-order valence-corrected chi connectivity index (χ4v) is 2.78. The molecule has 154 valence electrons. The molecule has 0 aliphatic heterocycles. The average Bonchev–Trinajstić information content (AvgIpc) is 2.65. The van der Waals surface area contributed by atoms with Crippen LogP contribution >= 0.6 is 0 Å². The summed E-state index contributed by atoms with van der Waals surface area (Å²) in [6.07, 6.45) is -1.84. The van der Waals surface area contributed by atoms with Gasteiger partial charge in [0, 0.05) is 20.4 Å². The summed E-state index contributed by atoms with van der Waals surface area (Å²) in [7, 11) is 0. The van der Waals surface area contributed by atoms with E-state index in [2.05, 4.69) is 10.1 Å². The highest BCUT2D eigenvalue weighted by atomic mass is 19.1. The molecule has 8 heteroatoms. The summed E-state index contributed by atoms with van der Waals surface area (Å²) in [5, 5.41) is 11.9. The van der Waals surface area contributed by atoms with Crippen LogP contribution < -0.4 is 5.32 Å². The minimum atomic E-state index is -1.09. The number of esters is 1. The topological polar surface area (TPSA) is 102 Å². The van der Waals surface area contributed by atoms with E-state index >= 15 is 0 Å². The number of benzene rings is 2. The zero-order valence-corrected chi connectivity index (χ0v) is 16.1. The van der Waals surface area contributed by atoms with Crippen LogP contribution in [0, 0.1) is 11.7 Å². The molecule has 0 aliphatic rings. The summed E-state index contributed by atoms with van der Waals surface area (Å²) in [4.78, 5) is 34.3. The third-order valence-electron chi connectivity index (χ3n) is 4.09. The Morgan fingerprint density at radius 2 is 1.72 bits per heavy atom. The van der Waals surface area contributed by atoms with Crippen molar-refractivity contribution < 1.29 is 33.4 Å². The number of carboxylic acid groups (broad SMARTS) is 1. The first kappa shape index (κ1) is 21.9. The molecule has 0 aliphatic carbocycles. The van der Waals surface area contributed by atoms with Crippen molar-refractivity contribution in [2.75, 3.05) is 6.54 Å². The highest BCUT2D eigenvalue weighted by Crippen LogP contribution is 2.26. The molecule has 2 aromatic rings. The molecule has 0 saturated carbocycles. The lowest BCUT2D eigenvalue weighted by Crippen LogP contribution is -2.36. The van der Waals surface area contributed by atoms with E-state index in [9.17, 15) is 23.9 Å². The maximum atomic E-state index is 13.2. The number of hydrogen-bond acceptors (Lipinski definition) is 5. The Morgan fingerprint density at radius 3 is 2.34 bits per heavy atom. The van der Waals surface area contributed by atoms with E-state index in [1.807, 2.05) is 12.1 Å². The third kappa shape index (κ3) is 6.91. The number of rotatable bonds is 8. The van der Waals surface area contributed by atoms with Crippen molar-refractivity contribution in [1.29, 1.82) is 0 Å². The summed E-state index contributed by atoms with van der Waals surface area (Å²) < 4.78 is 22.7. The molecule has 0 unspecified atom stereocenters. The normalized spacial score (nSPS) is 12.5. The van der Waals surface area contributed by atoms with Crippen molar-refractivity contribution in [1.82, 2.24) is 5.32 Å². The number of carbonyl (C=O) groups is 3. The predicted octanol–water partition coefficient (Wildman–Crippen LogP) is 3.37. The maximum Gasteiger partial charge on any atom is 0.410 e. The maximum absolute atomic E-state index is 13.2. The minimum Gasteiger partial charge on any atom is -0.481 e. The second-order valence-electron chi connectivity index (χ2n) is 6.37. The Bertz CT molecular complexity index is 868. The molecule has 0 bridgehead atoms. The largest absolute Gasteiger partial charge is 0.481 e. The predicted molar refractivity (Wildman–Crippen MR) is 102 cm³/mol. The highest BCUT2D eigenvalue weighted by Gasteiger charge is 2.22. The van der Waals surface area contributed by atoms with Crippen molar-refractivity contribution in [3.63, 3.8) is 0 Å². The highest BCUT2D eigenvalue weighted by molar-refractivity contribution is 5.74. The quantitative estimate of drug-likeness (QED) is 0.518. The average molecular weight is 403 g/mol. The van der Waals surface area contributed by atoms with Gasteiger partial charge in [0.2, 0.25) is 6.29 Å². The monoisotopic (exact) mass is 403 g/mol. The van der Waals surface area contributed by atoms with E-state index in [4.69, 9.17) is 4.74 Å². The van der Waals surface area contributed by atoms with Gasteiger partial charge in [-0.2, -0.15) is 0 Å².